The summed E-state index contributed by atoms with van der Waals surface area (Å²) in [5, 5.41) is 9.25. The third-order valence-electron chi connectivity index (χ3n) is 3.30. The first-order valence-electron chi connectivity index (χ1n) is 5.95. The molecule has 1 aromatic rings. The summed E-state index contributed by atoms with van der Waals surface area (Å²) in [5.74, 6) is -1.32. The van der Waals surface area contributed by atoms with Gasteiger partial charge in [0.15, 0.2) is 0 Å². The molecule has 1 amide bonds. The van der Waals surface area contributed by atoms with E-state index in [1.807, 2.05) is 0 Å². The number of halogens is 2. The quantitative estimate of drug-likeness (QED) is 0.837. The Morgan fingerprint density at radius 1 is 1.40 bits per heavy atom. The van der Waals surface area contributed by atoms with E-state index in [1.165, 1.54) is 12.0 Å². The fourth-order valence-electron chi connectivity index (χ4n) is 2.24. The molecule has 7 heteroatoms. The third kappa shape index (κ3) is 3.05. The van der Waals surface area contributed by atoms with E-state index < -0.39 is 12.0 Å². The summed E-state index contributed by atoms with van der Waals surface area (Å²) in [7, 11) is 1.52. The Morgan fingerprint density at radius 3 is 2.70 bits per heavy atom. The van der Waals surface area contributed by atoms with Crippen LogP contribution in [0.2, 0.25) is 0 Å². The maximum absolute atomic E-state index is 12.6. The molecular weight excluding hydrogens is 394 g/mol. The van der Waals surface area contributed by atoms with Gasteiger partial charge in [-0.2, -0.15) is 0 Å². The minimum atomic E-state index is -1.01. The predicted octanol–water partition coefficient (Wildman–Crippen LogP) is 2.53. The lowest BCUT2D eigenvalue weighted by molar-refractivity contribution is -0.141. The van der Waals surface area contributed by atoms with Gasteiger partial charge in [-0.05, 0) is 34.1 Å². The monoisotopic (exact) mass is 405 g/mol. The number of aliphatic carboxylic acids is 1. The van der Waals surface area contributed by atoms with Crippen LogP contribution in [0, 0.1) is 0 Å². The number of methoxy groups -OCH3 is 1. The van der Waals surface area contributed by atoms with Crippen molar-refractivity contribution in [3.8, 4) is 0 Å². The van der Waals surface area contributed by atoms with Crippen molar-refractivity contribution in [3.05, 3.63) is 32.7 Å². The molecule has 0 aromatic heterocycles. The van der Waals surface area contributed by atoms with E-state index in [9.17, 15) is 14.7 Å². The molecule has 1 aliphatic heterocycles. The number of carboxylic acid groups (broad SMARTS) is 1. The second kappa shape index (κ2) is 6.24. The van der Waals surface area contributed by atoms with Crippen LogP contribution in [-0.2, 0) is 9.53 Å². The van der Waals surface area contributed by atoms with Crippen molar-refractivity contribution < 1.29 is 19.4 Å². The summed E-state index contributed by atoms with van der Waals surface area (Å²) in [6.07, 6.45) is 0.0643. The van der Waals surface area contributed by atoms with Gasteiger partial charge in [-0.25, -0.2) is 4.79 Å². The normalized spacial score (nSPS) is 22.1. The van der Waals surface area contributed by atoms with E-state index in [2.05, 4.69) is 31.9 Å². The Morgan fingerprint density at radius 2 is 2.10 bits per heavy atom. The Balaban J connectivity index is 2.31. The molecule has 1 aromatic carbocycles. The minimum absolute atomic E-state index is 0.244. The Bertz CT molecular complexity index is 549. The van der Waals surface area contributed by atoms with Gasteiger partial charge in [-0.3, -0.25) is 4.79 Å². The summed E-state index contributed by atoms with van der Waals surface area (Å²) < 4.78 is 6.58. The highest BCUT2D eigenvalue weighted by Crippen LogP contribution is 2.27. The van der Waals surface area contributed by atoms with Gasteiger partial charge in [0.1, 0.15) is 6.04 Å². The lowest BCUT2D eigenvalue weighted by Gasteiger charge is -2.22. The van der Waals surface area contributed by atoms with Gasteiger partial charge in [0, 0.05) is 29.0 Å². The molecule has 5 nitrogen and oxygen atoms in total. The maximum atomic E-state index is 12.6. The number of nitrogens with zero attached hydrogens (tertiary/aromatic N) is 1. The summed E-state index contributed by atoms with van der Waals surface area (Å²) >= 11 is 6.63. The summed E-state index contributed by atoms with van der Waals surface area (Å²) in [4.78, 5) is 25.2. The number of likely N-dealkylation sites (tertiary alicyclic amines) is 1. The Hall–Kier alpha value is -0.920. The van der Waals surface area contributed by atoms with Crippen LogP contribution in [0.4, 0.5) is 0 Å². The van der Waals surface area contributed by atoms with Crippen LogP contribution < -0.4 is 0 Å². The topological polar surface area (TPSA) is 66.8 Å². The molecule has 2 atom stereocenters. The highest BCUT2D eigenvalue weighted by Gasteiger charge is 2.40. The van der Waals surface area contributed by atoms with Crippen molar-refractivity contribution in [3.63, 3.8) is 0 Å². The largest absolute Gasteiger partial charge is 0.480 e. The molecule has 1 heterocycles. The van der Waals surface area contributed by atoms with Gasteiger partial charge in [0.05, 0.1) is 11.7 Å². The van der Waals surface area contributed by atoms with E-state index in [1.54, 1.807) is 18.2 Å². The van der Waals surface area contributed by atoms with Crippen LogP contribution in [0.3, 0.4) is 0 Å². The molecule has 108 valence electrons. The molecular formula is C13H13Br2NO4. The number of ether oxygens (including phenoxy) is 1. The highest BCUT2D eigenvalue weighted by atomic mass is 79.9. The van der Waals surface area contributed by atoms with Crippen molar-refractivity contribution in [1.29, 1.82) is 0 Å². The lowest BCUT2D eigenvalue weighted by atomic mass is 10.1. The second-order valence-corrected chi connectivity index (χ2v) is 6.30. The van der Waals surface area contributed by atoms with Crippen molar-refractivity contribution in [2.24, 2.45) is 0 Å². The number of amides is 1. The SMILES string of the molecule is COC1CC(C(=O)O)N(C(=O)c2cc(Br)ccc2Br)C1. The molecule has 0 aliphatic carbocycles. The average Bonchev–Trinajstić information content (AvgIpc) is 2.85. The van der Waals surface area contributed by atoms with E-state index in [0.717, 1.165) is 4.47 Å². The van der Waals surface area contributed by atoms with Crippen molar-refractivity contribution in [2.45, 2.75) is 18.6 Å². The molecule has 20 heavy (non-hydrogen) atoms. The molecule has 0 saturated carbocycles. The molecule has 1 fully saturated rings. The summed E-state index contributed by atoms with van der Waals surface area (Å²) in [6, 6.07) is 4.37. The molecule has 1 saturated heterocycles. The van der Waals surface area contributed by atoms with Gasteiger partial charge in [-0.15, -0.1) is 0 Å². The summed E-state index contributed by atoms with van der Waals surface area (Å²) in [6.45, 7) is 0.283. The Labute approximate surface area is 133 Å². The zero-order valence-electron chi connectivity index (χ0n) is 10.7. The number of hydrogen-bond acceptors (Lipinski definition) is 3. The lowest BCUT2D eigenvalue weighted by Crippen LogP contribution is -2.40. The van der Waals surface area contributed by atoms with Gasteiger partial charge in [0.25, 0.3) is 5.91 Å². The number of carbonyl (C=O) groups is 2. The fraction of sp³-hybridized carbons (Fsp3) is 0.385. The van der Waals surface area contributed by atoms with Crippen LogP contribution >= 0.6 is 31.9 Å². The van der Waals surface area contributed by atoms with Crippen LogP contribution in [0.15, 0.2) is 27.1 Å². The first kappa shape index (κ1) is 15.5. The number of benzene rings is 1. The number of carbonyl (C=O) groups excluding carboxylic acids is 1. The van der Waals surface area contributed by atoms with Crippen molar-refractivity contribution >= 4 is 43.7 Å². The zero-order chi connectivity index (χ0) is 14.9. The molecule has 0 radical (unpaired) electrons. The van der Waals surface area contributed by atoms with Gasteiger partial charge in [-0.1, -0.05) is 15.9 Å². The van der Waals surface area contributed by atoms with E-state index in [0.29, 0.717) is 16.5 Å². The predicted molar refractivity (Wildman–Crippen MR) is 79.7 cm³/mol. The minimum Gasteiger partial charge on any atom is -0.480 e. The fourth-order valence-corrected chi connectivity index (χ4v) is 3.02. The molecule has 1 aliphatic rings. The molecule has 0 bridgehead atoms. The first-order valence-corrected chi connectivity index (χ1v) is 7.54. The van der Waals surface area contributed by atoms with E-state index in [-0.39, 0.29) is 18.6 Å². The molecule has 2 unspecified atom stereocenters. The average molecular weight is 407 g/mol. The van der Waals surface area contributed by atoms with Gasteiger partial charge < -0.3 is 14.7 Å². The number of carboxylic acids is 1. The van der Waals surface area contributed by atoms with Crippen LogP contribution in [0.5, 0.6) is 0 Å². The number of rotatable bonds is 3. The maximum Gasteiger partial charge on any atom is 0.326 e. The van der Waals surface area contributed by atoms with Crippen LogP contribution in [0.1, 0.15) is 16.8 Å². The standard InChI is InChI=1S/C13H13Br2NO4/c1-20-8-5-11(13(18)19)16(6-8)12(17)9-4-7(14)2-3-10(9)15/h2-4,8,11H,5-6H2,1H3,(H,18,19). The third-order valence-corrected chi connectivity index (χ3v) is 4.49. The van der Waals surface area contributed by atoms with Gasteiger partial charge >= 0.3 is 5.97 Å². The molecule has 1 N–H and O–H groups in total. The van der Waals surface area contributed by atoms with E-state index >= 15 is 0 Å². The van der Waals surface area contributed by atoms with Crippen molar-refractivity contribution in [1.82, 2.24) is 4.90 Å². The van der Waals surface area contributed by atoms with Crippen LogP contribution in [-0.4, -0.2) is 47.7 Å². The van der Waals surface area contributed by atoms with Crippen molar-refractivity contribution in [2.75, 3.05) is 13.7 Å². The number of hydrogen-bond donors (Lipinski definition) is 1. The summed E-state index contributed by atoms with van der Waals surface area (Å²) in [5.41, 5.74) is 0.433. The first-order chi connectivity index (χ1) is 9.43. The van der Waals surface area contributed by atoms with Crippen LogP contribution in [0.25, 0.3) is 0 Å². The zero-order valence-corrected chi connectivity index (χ0v) is 13.8. The second-order valence-electron chi connectivity index (χ2n) is 4.53. The molecule has 0 spiro atoms. The highest BCUT2D eigenvalue weighted by molar-refractivity contribution is 9.11. The van der Waals surface area contributed by atoms with Gasteiger partial charge in [0.2, 0.25) is 0 Å². The van der Waals surface area contributed by atoms with E-state index in [4.69, 9.17) is 4.74 Å². The molecule has 2 rings (SSSR count). The Kier molecular flexibility index (Phi) is 4.82. The smallest absolute Gasteiger partial charge is 0.326 e.